The van der Waals surface area contributed by atoms with E-state index in [0.717, 1.165) is 51.4 Å². The van der Waals surface area contributed by atoms with Gasteiger partial charge in [0.05, 0.1) is 19.8 Å². The molecule has 0 radical (unpaired) electrons. The van der Waals surface area contributed by atoms with Crippen molar-refractivity contribution in [1.82, 2.24) is 0 Å². The van der Waals surface area contributed by atoms with E-state index in [-0.39, 0.29) is 19.6 Å². The number of aliphatic hydroxyl groups excluding tert-OH is 3. The number of esters is 1. The van der Waals surface area contributed by atoms with Crippen LogP contribution in [0.5, 0.6) is 0 Å². The summed E-state index contributed by atoms with van der Waals surface area (Å²) in [6.07, 6.45) is 51.8. The van der Waals surface area contributed by atoms with Crippen molar-refractivity contribution in [2.45, 2.75) is 301 Å². The monoisotopic (exact) mass is 1030 g/mol. The van der Waals surface area contributed by atoms with E-state index in [0.29, 0.717) is 13.0 Å². The molecule has 1 aliphatic heterocycles. The van der Waals surface area contributed by atoms with Crippen LogP contribution in [0.2, 0.25) is 0 Å². The van der Waals surface area contributed by atoms with Gasteiger partial charge in [-0.1, -0.05) is 224 Å². The zero-order chi connectivity index (χ0) is 51.7. The Labute approximate surface area is 434 Å². The lowest BCUT2D eigenvalue weighted by Crippen LogP contribution is -2.60. The molecule has 6 unspecified atom stereocenters. The third-order valence-electron chi connectivity index (χ3n) is 13.5. The SMILES string of the molecule is CCCCCCC/C=C\C/C=C\CCCCCCCCCCCCCCCCOCC(COC1OC(CO)C(O)C(OS(=O)(=O)O)C1O)OC(=O)CCCCCCCCC/C=C\CCCCCCCCC. The first kappa shape index (κ1) is 67.3. The van der Waals surface area contributed by atoms with Gasteiger partial charge in [0, 0.05) is 13.0 Å². The van der Waals surface area contributed by atoms with E-state index in [1.807, 2.05) is 0 Å². The number of rotatable bonds is 52. The molecular weight excluding hydrogens is 921 g/mol. The molecule has 418 valence electrons. The second-order valence-corrected chi connectivity index (χ2v) is 21.3. The Balaban J connectivity index is 2.27. The summed E-state index contributed by atoms with van der Waals surface area (Å²) in [5, 5.41) is 30.8. The van der Waals surface area contributed by atoms with Crippen molar-refractivity contribution in [2.24, 2.45) is 0 Å². The van der Waals surface area contributed by atoms with Gasteiger partial charge in [0.25, 0.3) is 0 Å². The molecule has 1 saturated heterocycles. The van der Waals surface area contributed by atoms with Crippen molar-refractivity contribution >= 4 is 16.4 Å². The third kappa shape index (κ3) is 42.3. The summed E-state index contributed by atoms with van der Waals surface area (Å²) < 4.78 is 59.4. The molecule has 4 N–H and O–H groups in total. The van der Waals surface area contributed by atoms with E-state index in [9.17, 15) is 33.1 Å². The maximum atomic E-state index is 12.9. The van der Waals surface area contributed by atoms with Crippen LogP contribution in [0.1, 0.15) is 264 Å². The van der Waals surface area contributed by atoms with Gasteiger partial charge in [0.2, 0.25) is 0 Å². The molecule has 71 heavy (non-hydrogen) atoms. The summed E-state index contributed by atoms with van der Waals surface area (Å²) in [6.45, 7) is 4.02. The predicted octanol–water partition coefficient (Wildman–Crippen LogP) is 14.5. The topological polar surface area (TPSA) is 178 Å². The molecule has 1 heterocycles. The fraction of sp³-hybridized carbons (Fsp3) is 0.879. The van der Waals surface area contributed by atoms with Crippen LogP contribution in [-0.4, -0.2) is 97.5 Å². The molecule has 1 fully saturated rings. The van der Waals surface area contributed by atoms with E-state index >= 15 is 0 Å². The number of unbranched alkanes of at least 4 members (excludes halogenated alkanes) is 33. The molecule has 12 nitrogen and oxygen atoms in total. The van der Waals surface area contributed by atoms with Gasteiger partial charge in [0.15, 0.2) is 6.29 Å². The van der Waals surface area contributed by atoms with Crippen LogP contribution in [0, 0.1) is 0 Å². The number of allylic oxidation sites excluding steroid dienone is 6. The summed E-state index contributed by atoms with van der Waals surface area (Å²) in [5.41, 5.74) is 0. The smallest absolute Gasteiger partial charge is 0.397 e. The van der Waals surface area contributed by atoms with Gasteiger partial charge in [-0.2, -0.15) is 8.42 Å². The van der Waals surface area contributed by atoms with E-state index in [2.05, 4.69) is 54.5 Å². The van der Waals surface area contributed by atoms with Crippen LogP contribution >= 0.6 is 0 Å². The minimum Gasteiger partial charge on any atom is -0.457 e. The zero-order valence-electron chi connectivity index (χ0n) is 45.3. The Morgan fingerprint density at radius 1 is 0.535 bits per heavy atom. The summed E-state index contributed by atoms with van der Waals surface area (Å²) in [4.78, 5) is 12.9. The van der Waals surface area contributed by atoms with Crippen molar-refractivity contribution < 1.29 is 56.2 Å². The molecule has 1 rings (SSSR count). The molecular formula is C58H108O12S. The molecule has 0 saturated carbocycles. The maximum absolute atomic E-state index is 12.9. The van der Waals surface area contributed by atoms with Crippen LogP contribution in [0.25, 0.3) is 0 Å². The molecule has 6 atom stereocenters. The Hall–Kier alpha value is -1.68. The number of carbonyl (C=O) groups is 1. The number of ether oxygens (including phenoxy) is 4. The molecule has 0 aromatic heterocycles. The minimum atomic E-state index is -5.07. The average Bonchev–Trinajstić information content (AvgIpc) is 3.35. The van der Waals surface area contributed by atoms with Crippen LogP contribution in [0.3, 0.4) is 0 Å². The summed E-state index contributed by atoms with van der Waals surface area (Å²) in [6, 6.07) is 0. The van der Waals surface area contributed by atoms with Crippen LogP contribution in [-0.2, 0) is 38.3 Å². The standard InChI is InChI=1S/C58H108O12S/c1-3-5-7-9-11-13-15-17-19-21-23-24-25-26-27-28-29-30-32-34-36-38-40-42-44-46-48-66-50-52(51-67-58-56(62)57(70-71(63,64)65)55(61)53(49-59)69-58)68-54(60)47-45-43-41-39-37-35-33-31-22-20-18-16-14-12-10-8-6-4-2/h15,17,20-23,52-53,55-59,61-62H,3-14,16,18-19,24-51H2,1-2H3,(H,63,64,65)/b17-15-,22-20-,23-21-. The largest absolute Gasteiger partial charge is 0.457 e. The lowest BCUT2D eigenvalue weighted by atomic mass is 9.99. The van der Waals surface area contributed by atoms with Crippen LogP contribution in [0.15, 0.2) is 36.5 Å². The first-order valence-electron chi connectivity index (χ1n) is 29.2. The van der Waals surface area contributed by atoms with Gasteiger partial charge in [-0.05, 0) is 70.6 Å². The van der Waals surface area contributed by atoms with Crippen molar-refractivity contribution in [2.75, 3.05) is 26.4 Å². The summed E-state index contributed by atoms with van der Waals surface area (Å²) in [5.74, 6) is -0.400. The molecule has 0 aliphatic carbocycles. The Bertz CT molecular complexity index is 1370. The predicted molar refractivity (Wildman–Crippen MR) is 290 cm³/mol. The molecule has 0 amide bonds. The van der Waals surface area contributed by atoms with Crippen molar-refractivity contribution in [3.8, 4) is 0 Å². The molecule has 0 spiro atoms. The number of hydrogen-bond donors (Lipinski definition) is 4. The number of hydrogen-bond acceptors (Lipinski definition) is 11. The zero-order valence-corrected chi connectivity index (χ0v) is 46.1. The molecule has 1 aliphatic rings. The van der Waals surface area contributed by atoms with Crippen molar-refractivity contribution in [3.63, 3.8) is 0 Å². The highest BCUT2D eigenvalue weighted by Crippen LogP contribution is 2.26. The highest BCUT2D eigenvalue weighted by molar-refractivity contribution is 7.80. The number of aliphatic hydroxyl groups is 3. The minimum absolute atomic E-state index is 0.0364. The second-order valence-electron chi connectivity index (χ2n) is 20.2. The molecule has 0 bridgehead atoms. The normalized spacial score (nSPS) is 19.2. The van der Waals surface area contributed by atoms with E-state index in [1.165, 1.54) is 186 Å². The first-order valence-corrected chi connectivity index (χ1v) is 30.6. The second kappa shape index (κ2) is 49.2. The molecule has 13 heteroatoms. The maximum Gasteiger partial charge on any atom is 0.397 e. The molecule has 0 aromatic rings. The van der Waals surface area contributed by atoms with Gasteiger partial charge >= 0.3 is 16.4 Å². The van der Waals surface area contributed by atoms with Gasteiger partial charge in [0.1, 0.15) is 30.5 Å². The summed E-state index contributed by atoms with van der Waals surface area (Å²) in [7, 11) is -5.07. The lowest BCUT2D eigenvalue weighted by molar-refractivity contribution is -0.301. The van der Waals surface area contributed by atoms with Crippen LogP contribution < -0.4 is 0 Å². The Morgan fingerprint density at radius 3 is 1.35 bits per heavy atom. The fourth-order valence-electron chi connectivity index (χ4n) is 9.05. The van der Waals surface area contributed by atoms with E-state index in [1.54, 1.807) is 0 Å². The highest BCUT2D eigenvalue weighted by atomic mass is 32.3. The van der Waals surface area contributed by atoms with Crippen LogP contribution in [0.4, 0.5) is 0 Å². The van der Waals surface area contributed by atoms with Gasteiger partial charge in [-0.15, -0.1) is 0 Å². The van der Waals surface area contributed by atoms with E-state index in [4.69, 9.17) is 18.9 Å². The highest BCUT2D eigenvalue weighted by Gasteiger charge is 2.48. The third-order valence-corrected chi connectivity index (χ3v) is 14.0. The Morgan fingerprint density at radius 2 is 0.930 bits per heavy atom. The summed E-state index contributed by atoms with van der Waals surface area (Å²) >= 11 is 0. The number of carbonyl (C=O) groups excluding carboxylic acids is 1. The van der Waals surface area contributed by atoms with Gasteiger partial charge in [-0.3, -0.25) is 9.35 Å². The van der Waals surface area contributed by atoms with Gasteiger partial charge in [-0.25, -0.2) is 4.18 Å². The molecule has 0 aromatic carbocycles. The van der Waals surface area contributed by atoms with Gasteiger partial charge < -0.3 is 34.3 Å². The van der Waals surface area contributed by atoms with Crippen molar-refractivity contribution in [1.29, 1.82) is 0 Å². The van der Waals surface area contributed by atoms with E-state index < -0.39 is 59.8 Å². The quantitative estimate of drug-likeness (QED) is 0.0196. The first-order chi connectivity index (χ1) is 34.6. The average molecular weight is 1030 g/mol. The lowest BCUT2D eigenvalue weighted by Gasteiger charge is -2.41. The van der Waals surface area contributed by atoms with Crippen molar-refractivity contribution in [3.05, 3.63) is 36.5 Å². The fourth-order valence-corrected chi connectivity index (χ4v) is 9.56. The Kier molecular flexibility index (Phi) is 46.7.